The first kappa shape index (κ1) is 8.97. The zero-order chi connectivity index (χ0) is 8.32. The van der Waals surface area contributed by atoms with Crippen molar-refractivity contribution in [2.24, 2.45) is 5.73 Å². The van der Waals surface area contributed by atoms with Crippen molar-refractivity contribution >= 4 is 0 Å². The molecule has 3 heteroatoms. The average molecular weight is 159 g/mol. The lowest BCUT2D eigenvalue weighted by atomic mass is 10.0. The quantitative estimate of drug-likeness (QED) is 0.664. The highest BCUT2D eigenvalue weighted by Crippen LogP contribution is 2.27. The molecule has 11 heavy (non-hydrogen) atoms. The lowest BCUT2D eigenvalue weighted by molar-refractivity contribution is -0.174. The topological polar surface area (TPSA) is 44.5 Å². The van der Waals surface area contributed by atoms with Crippen molar-refractivity contribution in [1.82, 2.24) is 0 Å². The van der Waals surface area contributed by atoms with Gasteiger partial charge >= 0.3 is 0 Å². The smallest absolute Gasteiger partial charge is 0.183 e. The Bertz CT molecular complexity index is 121. The predicted octanol–water partition coefficient (Wildman–Crippen LogP) is 0.877. The fraction of sp³-hybridized carbons (Fsp3) is 1.00. The molecule has 1 saturated heterocycles. The molecule has 0 aromatic carbocycles. The Labute approximate surface area is 67.9 Å². The van der Waals surface area contributed by atoms with Crippen molar-refractivity contribution in [2.45, 2.75) is 38.5 Å². The first-order valence-electron chi connectivity index (χ1n) is 4.28. The van der Waals surface area contributed by atoms with Crippen molar-refractivity contribution in [3.63, 3.8) is 0 Å². The van der Waals surface area contributed by atoms with Gasteiger partial charge in [0.2, 0.25) is 0 Å². The Hall–Kier alpha value is -0.120. The van der Waals surface area contributed by atoms with Crippen LogP contribution < -0.4 is 5.73 Å². The summed E-state index contributed by atoms with van der Waals surface area (Å²) in [5.41, 5.74) is 5.87. The first-order chi connectivity index (χ1) is 5.25. The number of ether oxygens (including phenoxy) is 2. The first-order valence-corrected chi connectivity index (χ1v) is 4.28. The van der Waals surface area contributed by atoms with Gasteiger partial charge in [-0.15, -0.1) is 0 Å². The standard InChI is InChI=1S/C8H17NO2/c1-3-7(9)8(4-2)10-5-6-11-8/h7H,3-6,9H2,1-2H3. The lowest BCUT2D eigenvalue weighted by Gasteiger charge is -2.31. The van der Waals surface area contributed by atoms with Crippen molar-refractivity contribution in [1.29, 1.82) is 0 Å². The Morgan fingerprint density at radius 3 is 2.27 bits per heavy atom. The van der Waals surface area contributed by atoms with Gasteiger partial charge in [0.1, 0.15) is 0 Å². The third-order valence-electron chi connectivity index (χ3n) is 2.27. The van der Waals surface area contributed by atoms with Gasteiger partial charge < -0.3 is 15.2 Å². The van der Waals surface area contributed by atoms with Crippen LogP contribution in [0.3, 0.4) is 0 Å². The molecule has 1 heterocycles. The van der Waals surface area contributed by atoms with E-state index < -0.39 is 5.79 Å². The molecule has 1 unspecified atom stereocenters. The summed E-state index contributed by atoms with van der Waals surface area (Å²) in [5, 5.41) is 0. The summed E-state index contributed by atoms with van der Waals surface area (Å²) < 4.78 is 11.0. The van der Waals surface area contributed by atoms with Gasteiger partial charge in [0.05, 0.1) is 19.3 Å². The van der Waals surface area contributed by atoms with E-state index in [9.17, 15) is 0 Å². The van der Waals surface area contributed by atoms with Gasteiger partial charge in [-0.25, -0.2) is 0 Å². The molecule has 1 rings (SSSR count). The zero-order valence-corrected chi connectivity index (χ0v) is 7.30. The number of hydrogen-bond acceptors (Lipinski definition) is 3. The van der Waals surface area contributed by atoms with Gasteiger partial charge in [-0.1, -0.05) is 13.8 Å². The third-order valence-corrected chi connectivity index (χ3v) is 2.27. The van der Waals surface area contributed by atoms with Crippen LogP contribution in [0.2, 0.25) is 0 Å². The molecule has 3 nitrogen and oxygen atoms in total. The van der Waals surface area contributed by atoms with Crippen molar-refractivity contribution in [2.75, 3.05) is 13.2 Å². The normalized spacial score (nSPS) is 25.4. The molecule has 0 amide bonds. The largest absolute Gasteiger partial charge is 0.346 e. The van der Waals surface area contributed by atoms with E-state index in [0.29, 0.717) is 13.2 Å². The van der Waals surface area contributed by atoms with E-state index in [0.717, 1.165) is 12.8 Å². The third kappa shape index (κ3) is 1.55. The van der Waals surface area contributed by atoms with Crippen LogP contribution in [-0.4, -0.2) is 25.0 Å². The monoisotopic (exact) mass is 159 g/mol. The summed E-state index contributed by atoms with van der Waals surface area (Å²) >= 11 is 0. The second-order valence-corrected chi connectivity index (χ2v) is 2.88. The van der Waals surface area contributed by atoms with Gasteiger partial charge in [-0.3, -0.25) is 0 Å². The molecule has 1 aliphatic rings. The number of rotatable bonds is 3. The molecule has 0 radical (unpaired) electrons. The van der Waals surface area contributed by atoms with E-state index in [-0.39, 0.29) is 6.04 Å². The summed E-state index contributed by atoms with van der Waals surface area (Å²) in [6, 6.07) is 0.00926. The van der Waals surface area contributed by atoms with Gasteiger partial charge in [-0.2, -0.15) is 0 Å². The molecule has 0 spiro atoms. The van der Waals surface area contributed by atoms with Crippen LogP contribution in [0.5, 0.6) is 0 Å². The van der Waals surface area contributed by atoms with Crippen LogP contribution in [0.25, 0.3) is 0 Å². The molecule has 0 bridgehead atoms. The van der Waals surface area contributed by atoms with E-state index in [1.165, 1.54) is 0 Å². The Balaban J connectivity index is 2.58. The molecular formula is C8H17NO2. The van der Waals surface area contributed by atoms with Crippen LogP contribution in [0.1, 0.15) is 26.7 Å². The Morgan fingerprint density at radius 1 is 1.36 bits per heavy atom. The van der Waals surface area contributed by atoms with Gasteiger partial charge in [0.15, 0.2) is 5.79 Å². The van der Waals surface area contributed by atoms with Crippen LogP contribution in [0.4, 0.5) is 0 Å². The number of hydrogen-bond donors (Lipinski definition) is 1. The second kappa shape index (κ2) is 3.52. The van der Waals surface area contributed by atoms with Crippen molar-refractivity contribution in [3.8, 4) is 0 Å². The molecule has 1 aliphatic heterocycles. The molecular weight excluding hydrogens is 142 g/mol. The maximum Gasteiger partial charge on any atom is 0.183 e. The maximum atomic E-state index is 5.87. The Kier molecular flexibility index (Phi) is 2.87. The van der Waals surface area contributed by atoms with Crippen molar-refractivity contribution in [3.05, 3.63) is 0 Å². The van der Waals surface area contributed by atoms with E-state index in [4.69, 9.17) is 15.2 Å². The highest BCUT2D eigenvalue weighted by atomic mass is 16.7. The summed E-state index contributed by atoms with van der Waals surface area (Å²) in [4.78, 5) is 0. The van der Waals surface area contributed by atoms with Crippen LogP contribution in [-0.2, 0) is 9.47 Å². The highest BCUT2D eigenvalue weighted by molar-refractivity contribution is 4.83. The molecule has 0 aromatic heterocycles. The highest BCUT2D eigenvalue weighted by Gasteiger charge is 2.39. The van der Waals surface area contributed by atoms with Gasteiger partial charge in [0, 0.05) is 6.42 Å². The summed E-state index contributed by atoms with van der Waals surface area (Å²) in [6.45, 7) is 5.46. The minimum atomic E-state index is -0.477. The second-order valence-electron chi connectivity index (χ2n) is 2.88. The van der Waals surface area contributed by atoms with Crippen LogP contribution >= 0.6 is 0 Å². The fourth-order valence-corrected chi connectivity index (χ4v) is 1.46. The minimum absolute atomic E-state index is 0.00926. The van der Waals surface area contributed by atoms with E-state index >= 15 is 0 Å². The van der Waals surface area contributed by atoms with Crippen LogP contribution in [0.15, 0.2) is 0 Å². The predicted molar refractivity (Wildman–Crippen MR) is 43.2 cm³/mol. The maximum absolute atomic E-state index is 5.87. The summed E-state index contributed by atoms with van der Waals surface area (Å²) in [7, 11) is 0. The molecule has 1 atom stereocenters. The van der Waals surface area contributed by atoms with Crippen molar-refractivity contribution < 1.29 is 9.47 Å². The molecule has 1 fully saturated rings. The molecule has 0 saturated carbocycles. The van der Waals surface area contributed by atoms with Crippen LogP contribution in [0, 0.1) is 0 Å². The Morgan fingerprint density at radius 2 is 1.91 bits per heavy atom. The molecule has 2 N–H and O–H groups in total. The SMILES string of the molecule is CCC(N)C1(CC)OCCO1. The van der Waals surface area contributed by atoms with Gasteiger partial charge in [-0.05, 0) is 6.42 Å². The molecule has 66 valence electrons. The fourth-order valence-electron chi connectivity index (χ4n) is 1.46. The van der Waals surface area contributed by atoms with E-state index in [1.807, 2.05) is 13.8 Å². The van der Waals surface area contributed by atoms with Gasteiger partial charge in [0.25, 0.3) is 0 Å². The lowest BCUT2D eigenvalue weighted by Crippen LogP contribution is -2.48. The van der Waals surface area contributed by atoms with E-state index in [2.05, 4.69) is 0 Å². The molecule has 0 aliphatic carbocycles. The average Bonchev–Trinajstić information content (AvgIpc) is 2.52. The molecule has 0 aromatic rings. The van der Waals surface area contributed by atoms with E-state index in [1.54, 1.807) is 0 Å². The zero-order valence-electron chi connectivity index (χ0n) is 7.30. The summed E-state index contributed by atoms with van der Waals surface area (Å²) in [5.74, 6) is -0.477. The minimum Gasteiger partial charge on any atom is -0.346 e. The summed E-state index contributed by atoms with van der Waals surface area (Å²) in [6.07, 6.45) is 1.73. The number of nitrogens with two attached hydrogens (primary N) is 1.